The van der Waals surface area contributed by atoms with Crippen molar-refractivity contribution < 1.29 is 9.51 Å². The van der Waals surface area contributed by atoms with E-state index >= 15 is 0 Å². The second-order valence-corrected chi connectivity index (χ2v) is 7.14. The van der Waals surface area contributed by atoms with Crippen LogP contribution in [0.3, 0.4) is 0 Å². The van der Waals surface area contributed by atoms with Crippen molar-refractivity contribution in [2.45, 2.75) is 34.6 Å². The summed E-state index contributed by atoms with van der Waals surface area (Å²) in [6.45, 7) is 8.49. The highest BCUT2D eigenvalue weighted by atomic mass is 16.2. The van der Waals surface area contributed by atoms with Crippen LogP contribution in [0.1, 0.15) is 37.7 Å². The van der Waals surface area contributed by atoms with Gasteiger partial charge < -0.3 is 14.0 Å². The van der Waals surface area contributed by atoms with Crippen molar-refractivity contribution in [2.24, 2.45) is 0 Å². The molecule has 1 aromatic carbocycles. The van der Waals surface area contributed by atoms with Gasteiger partial charge in [-0.15, -0.1) is 0 Å². The third-order valence-corrected chi connectivity index (χ3v) is 5.52. The van der Waals surface area contributed by atoms with Gasteiger partial charge in [-0.3, -0.25) is 0 Å². The summed E-state index contributed by atoms with van der Waals surface area (Å²) in [6.07, 6.45) is 2.17. The Hall–Kier alpha value is -2.33. The maximum Gasteiger partial charge on any atom is 0.542 e. The van der Waals surface area contributed by atoms with Crippen LogP contribution < -0.4 is 5.46 Å². The number of benzene rings is 1. The Labute approximate surface area is 143 Å². The number of hydrogen-bond acceptors (Lipinski definition) is 1. The second kappa shape index (κ2) is 4.84. The second-order valence-electron chi connectivity index (χ2n) is 7.14. The van der Waals surface area contributed by atoms with Crippen LogP contribution in [0.2, 0.25) is 0 Å². The van der Waals surface area contributed by atoms with Crippen LogP contribution in [0.4, 0.5) is 0 Å². The number of nitrogens with zero attached hydrogens (tertiary/aromatic N) is 2. The summed E-state index contributed by atoms with van der Waals surface area (Å²) in [5, 5.41) is 12.1. The largest absolute Gasteiger partial charge is 0.542 e. The molecule has 24 heavy (non-hydrogen) atoms. The lowest BCUT2D eigenvalue weighted by Gasteiger charge is -2.40. The predicted octanol–water partition coefficient (Wildman–Crippen LogP) is 2.97. The van der Waals surface area contributed by atoms with Crippen molar-refractivity contribution in [1.29, 1.82) is 0 Å². The molecular formula is C20H23BN2O. The van der Waals surface area contributed by atoms with Gasteiger partial charge in [-0.2, -0.15) is 0 Å². The van der Waals surface area contributed by atoms with Crippen LogP contribution in [0.15, 0.2) is 53.7 Å². The van der Waals surface area contributed by atoms with Gasteiger partial charge in [0.2, 0.25) is 0 Å². The fourth-order valence-corrected chi connectivity index (χ4v) is 4.75. The molecule has 2 aliphatic rings. The van der Waals surface area contributed by atoms with E-state index in [2.05, 4.69) is 55.7 Å². The van der Waals surface area contributed by atoms with E-state index in [1.54, 1.807) is 0 Å². The van der Waals surface area contributed by atoms with Crippen LogP contribution >= 0.6 is 0 Å². The zero-order valence-electron chi connectivity index (χ0n) is 15.0. The van der Waals surface area contributed by atoms with Gasteiger partial charge in [0.1, 0.15) is 5.71 Å². The summed E-state index contributed by atoms with van der Waals surface area (Å²) < 4.78 is 4.28. The molecule has 0 radical (unpaired) electrons. The van der Waals surface area contributed by atoms with E-state index in [1.807, 2.05) is 30.3 Å². The highest BCUT2D eigenvalue weighted by Gasteiger charge is 2.51. The van der Waals surface area contributed by atoms with Gasteiger partial charge in [0.25, 0.3) is 0 Å². The minimum atomic E-state index is -2.10. The Bertz CT molecular complexity index is 963. The Morgan fingerprint density at radius 1 is 1.00 bits per heavy atom. The first-order valence-corrected chi connectivity index (χ1v) is 8.52. The van der Waals surface area contributed by atoms with E-state index < -0.39 is 6.62 Å². The van der Waals surface area contributed by atoms with Crippen molar-refractivity contribution in [3.05, 3.63) is 70.7 Å². The molecule has 4 heteroatoms. The predicted molar refractivity (Wildman–Crippen MR) is 101 cm³/mol. The van der Waals surface area contributed by atoms with Crippen LogP contribution in [0.5, 0.6) is 0 Å². The zero-order chi connectivity index (χ0) is 17.2. The van der Waals surface area contributed by atoms with Crippen molar-refractivity contribution in [3.8, 4) is 0 Å². The number of aromatic nitrogens is 1. The number of hydrogen-bond donors (Lipinski definition) is 1. The smallest absolute Gasteiger partial charge is 0.522 e. The molecule has 2 aromatic rings. The third kappa shape index (κ3) is 1.69. The third-order valence-electron chi connectivity index (χ3n) is 5.52. The lowest BCUT2D eigenvalue weighted by atomic mass is 9.55. The maximum atomic E-state index is 12.1. The van der Waals surface area contributed by atoms with Crippen molar-refractivity contribution >= 4 is 23.4 Å². The average molecular weight is 318 g/mol. The van der Waals surface area contributed by atoms with E-state index in [1.165, 1.54) is 16.7 Å². The monoisotopic (exact) mass is 318 g/mol. The molecule has 0 saturated heterocycles. The molecule has 1 aromatic heterocycles. The molecule has 0 saturated carbocycles. The average Bonchev–Trinajstić information content (AvgIpc) is 3.02. The fourth-order valence-electron chi connectivity index (χ4n) is 4.75. The molecule has 1 unspecified atom stereocenters. The van der Waals surface area contributed by atoms with Crippen LogP contribution in [0, 0.1) is 13.8 Å². The minimum absolute atomic E-state index is 0.935. The quantitative estimate of drug-likeness (QED) is 0.805. The summed E-state index contributed by atoms with van der Waals surface area (Å²) in [5.41, 5.74) is 9.06. The van der Waals surface area contributed by atoms with E-state index in [-0.39, 0.29) is 0 Å². The van der Waals surface area contributed by atoms with E-state index in [0.29, 0.717) is 0 Å². The summed E-state index contributed by atoms with van der Waals surface area (Å²) in [7, 11) is 0. The van der Waals surface area contributed by atoms with Crippen molar-refractivity contribution in [3.63, 3.8) is 0 Å². The molecule has 0 amide bonds. The molecule has 0 aliphatic carbocycles. The Morgan fingerprint density at radius 2 is 1.67 bits per heavy atom. The minimum Gasteiger partial charge on any atom is -0.522 e. The summed E-state index contributed by atoms with van der Waals surface area (Å²) in [4.78, 5) is 0. The molecule has 1 N–H and O–H groups in total. The van der Waals surface area contributed by atoms with E-state index in [0.717, 1.165) is 28.3 Å². The highest BCUT2D eigenvalue weighted by molar-refractivity contribution is 6.78. The number of aryl methyl sites for hydroxylation is 2. The lowest BCUT2D eigenvalue weighted by molar-refractivity contribution is -0.352. The first-order valence-electron chi connectivity index (χ1n) is 8.52. The maximum absolute atomic E-state index is 12.1. The molecule has 0 bridgehead atoms. The molecule has 0 fully saturated rings. The van der Waals surface area contributed by atoms with Gasteiger partial charge >= 0.3 is 6.62 Å². The van der Waals surface area contributed by atoms with Crippen LogP contribution in [-0.2, 0) is 0 Å². The zero-order valence-corrected chi connectivity index (χ0v) is 15.0. The van der Waals surface area contributed by atoms with E-state index in [4.69, 9.17) is 0 Å². The first-order chi connectivity index (χ1) is 11.4. The molecular weight excluding hydrogens is 295 g/mol. The molecule has 0 spiro atoms. The Kier molecular flexibility index (Phi) is 3.07. The van der Waals surface area contributed by atoms with Crippen LogP contribution in [-0.4, -0.2) is 26.3 Å². The first kappa shape index (κ1) is 15.2. The van der Waals surface area contributed by atoms with Gasteiger partial charge in [0.15, 0.2) is 5.70 Å². The van der Waals surface area contributed by atoms with E-state index in [9.17, 15) is 5.02 Å². The fraction of sp³-hybridized carbons (Fsp3) is 0.250. The molecule has 2 aliphatic heterocycles. The van der Waals surface area contributed by atoms with Crippen molar-refractivity contribution in [1.82, 2.24) is 4.48 Å². The van der Waals surface area contributed by atoms with Crippen molar-refractivity contribution in [2.75, 3.05) is 0 Å². The number of rotatable bonds is 1. The Balaban J connectivity index is 2.18. The number of fused-ring (bicyclic) bond motifs is 2. The van der Waals surface area contributed by atoms with Gasteiger partial charge in [-0.25, -0.2) is 0 Å². The summed E-state index contributed by atoms with van der Waals surface area (Å²) in [6, 6.07) is 12.2. The molecule has 3 heterocycles. The lowest BCUT2D eigenvalue weighted by Crippen LogP contribution is -2.66. The Morgan fingerprint density at radius 3 is 2.33 bits per heavy atom. The standard InChI is InChI=1S/C20H23BN2O/c1-13-11-15(3)22-19(13)17(5)20-14(2)12-16(4)23(20)21(22,24)18-9-7-6-8-10-18/h6-12,24H,1-5H3. The normalized spacial score (nSPS) is 22.7. The molecule has 122 valence electrons. The van der Waals surface area contributed by atoms with Gasteiger partial charge in [0, 0.05) is 29.8 Å². The summed E-state index contributed by atoms with van der Waals surface area (Å²) in [5.74, 6) is 0. The SMILES string of the molecule is CC1=CC(C)=[N+]2C1=C(C)c1c(C)cc(C)n1[B-]2(O)c1ccccc1. The highest BCUT2D eigenvalue weighted by Crippen LogP contribution is 2.39. The molecule has 1 atom stereocenters. The van der Waals surface area contributed by atoms with Crippen LogP contribution in [0.25, 0.3) is 5.57 Å². The summed E-state index contributed by atoms with van der Waals surface area (Å²) >= 11 is 0. The molecule has 4 rings (SSSR count). The topological polar surface area (TPSA) is 28.2 Å². The van der Waals surface area contributed by atoms with Gasteiger partial charge in [-0.1, -0.05) is 35.8 Å². The number of allylic oxidation sites excluding steroid dienone is 3. The van der Waals surface area contributed by atoms with Gasteiger partial charge in [0.05, 0.1) is 0 Å². The van der Waals surface area contributed by atoms with Gasteiger partial charge in [-0.05, 0) is 45.0 Å². The molecule has 3 nitrogen and oxygen atoms in total.